The number of ether oxygens (including phenoxy) is 1. The Kier molecular flexibility index (Phi) is 6.98. The Hall–Kier alpha value is -2.83. The van der Waals surface area contributed by atoms with Crippen molar-refractivity contribution in [2.75, 3.05) is 26.4 Å². The van der Waals surface area contributed by atoms with E-state index in [-0.39, 0.29) is 18.3 Å². The Balaban J connectivity index is 1.98. The lowest BCUT2D eigenvalue weighted by Crippen LogP contribution is -2.31. The van der Waals surface area contributed by atoms with Gasteiger partial charge in [0.05, 0.1) is 19.1 Å². The lowest BCUT2D eigenvalue weighted by atomic mass is 10.0. The summed E-state index contributed by atoms with van der Waals surface area (Å²) in [5.74, 6) is -0.368. The van der Waals surface area contributed by atoms with Crippen LogP contribution in [0.2, 0.25) is 0 Å². The van der Waals surface area contributed by atoms with Gasteiger partial charge in [0.2, 0.25) is 5.91 Å². The number of likely N-dealkylation sites (N-methyl/N-ethyl adjacent to an activating group) is 1. The van der Waals surface area contributed by atoms with E-state index in [0.29, 0.717) is 29.8 Å². The maximum atomic E-state index is 12.5. The van der Waals surface area contributed by atoms with Crippen molar-refractivity contribution in [3.8, 4) is 0 Å². The van der Waals surface area contributed by atoms with Gasteiger partial charge in [0.25, 0.3) is 0 Å². The topological polar surface area (TPSA) is 103 Å². The van der Waals surface area contributed by atoms with E-state index in [9.17, 15) is 14.4 Å². The highest BCUT2D eigenvalue weighted by molar-refractivity contribution is 5.86. The highest BCUT2D eigenvalue weighted by Gasteiger charge is 2.17. The molecule has 1 aromatic heterocycles. The van der Waals surface area contributed by atoms with Gasteiger partial charge in [0.1, 0.15) is 5.58 Å². The zero-order valence-corrected chi connectivity index (χ0v) is 16.0. The van der Waals surface area contributed by atoms with Gasteiger partial charge in [0.15, 0.2) is 0 Å². The number of carbonyl (C=O) groups excluding carboxylic acids is 2. The van der Waals surface area contributed by atoms with Crippen LogP contribution in [0.25, 0.3) is 11.0 Å². The van der Waals surface area contributed by atoms with E-state index < -0.39 is 5.63 Å². The molecule has 0 unspecified atom stereocenters. The lowest BCUT2D eigenvalue weighted by molar-refractivity contribution is -0.140. The zero-order chi connectivity index (χ0) is 20.0. The summed E-state index contributed by atoms with van der Waals surface area (Å²) in [6.45, 7) is 2.37. The molecule has 0 radical (unpaired) electrons. The highest BCUT2D eigenvalue weighted by Crippen LogP contribution is 2.22. The molecule has 0 saturated carbocycles. The third-order valence-corrected chi connectivity index (χ3v) is 4.67. The fourth-order valence-corrected chi connectivity index (χ4v) is 2.92. The number of rotatable bonds is 8. The van der Waals surface area contributed by atoms with Crippen LogP contribution < -0.4 is 11.4 Å². The Bertz CT molecular complexity index is 888. The molecule has 2 rings (SSSR count). The van der Waals surface area contributed by atoms with Crippen molar-refractivity contribution in [2.24, 2.45) is 0 Å². The van der Waals surface area contributed by atoms with E-state index in [1.807, 2.05) is 6.92 Å². The Labute approximate surface area is 158 Å². The van der Waals surface area contributed by atoms with E-state index in [4.69, 9.17) is 10.2 Å². The summed E-state index contributed by atoms with van der Waals surface area (Å²) in [7, 11) is 3.08. The molecule has 0 bridgehead atoms. The van der Waals surface area contributed by atoms with E-state index in [1.165, 1.54) is 7.11 Å². The number of methoxy groups -OCH3 is 1. The van der Waals surface area contributed by atoms with Crippen LogP contribution in [0.3, 0.4) is 0 Å². The third-order valence-electron chi connectivity index (χ3n) is 4.67. The quantitative estimate of drug-likeness (QED) is 0.329. The molecule has 1 heterocycles. The number of unbranched alkanes of at least 4 members (excludes halogenated alkanes) is 2. The average Bonchev–Trinajstić information content (AvgIpc) is 2.63. The molecule has 2 N–H and O–H groups in total. The number of nitrogens with zero attached hydrogens (tertiary/aromatic N) is 1. The number of hydrogen-bond acceptors (Lipinski definition) is 6. The molecule has 1 aromatic carbocycles. The first-order valence-electron chi connectivity index (χ1n) is 8.96. The number of nitrogens with two attached hydrogens (primary N) is 1. The zero-order valence-electron chi connectivity index (χ0n) is 16.0. The van der Waals surface area contributed by atoms with Crippen molar-refractivity contribution in [3.05, 3.63) is 39.7 Å². The van der Waals surface area contributed by atoms with Gasteiger partial charge in [0, 0.05) is 37.2 Å². The molecule has 0 atom stereocenters. The van der Waals surface area contributed by atoms with Gasteiger partial charge in [-0.1, -0.05) is 6.42 Å². The largest absolute Gasteiger partial charge is 0.469 e. The van der Waals surface area contributed by atoms with Crippen LogP contribution >= 0.6 is 0 Å². The van der Waals surface area contributed by atoms with Crippen LogP contribution in [0.4, 0.5) is 5.69 Å². The minimum absolute atomic E-state index is 0.00680. The second kappa shape index (κ2) is 9.21. The first-order valence-corrected chi connectivity index (χ1v) is 8.96. The summed E-state index contributed by atoms with van der Waals surface area (Å²) in [6, 6.07) is 5.14. The van der Waals surface area contributed by atoms with Crippen molar-refractivity contribution in [1.82, 2.24) is 4.90 Å². The SMILES string of the molecule is COC(=O)CCCCCN(C)C(=O)Cc1c(C)c2ccc(N)cc2oc1=O. The highest BCUT2D eigenvalue weighted by atomic mass is 16.5. The number of nitrogen functional groups attached to an aromatic ring is 1. The first kappa shape index (κ1) is 20.5. The summed E-state index contributed by atoms with van der Waals surface area (Å²) in [4.78, 5) is 37.4. The van der Waals surface area contributed by atoms with Crippen molar-refractivity contribution < 1.29 is 18.7 Å². The predicted molar refractivity (Wildman–Crippen MR) is 103 cm³/mol. The van der Waals surface area contributed by atoms with Crippen LogP contribution in [-0.4, -0.2) is 37.5 Å². The minimum Gasteiger partial charge on any atom is -0.469 e. The van der Waals surface area contributed by atoms with Crippen molar-refractivity contribution in [3.63, 3.8) is 0 Å². The van der Waals surface area contributed by atoms with Crippen molar-refractivity contribution in [1.29, 1.82) is 0 Å². The summed E-state index contributed by atoms with van der Waals surface area (Å²) in [6.07, 6.45) is 2.71. The van der Waals surface area contributed by atoms with E-state index in [0.717, 1.165) is 30.2 Å². The molecule has 2 aromatic rings. The molecule has 1 amide bonds. The first-order chi connectivity index (χ1) is 12.8. The van der Waals surface area contributed by atoms with E-state index >= 15 is 0 Å². The monoisotopic (exact) mass is 374 g/mol. The van der Waals surface area contributed by atoms with Crippen LogP contribution in [-0.2, 0) is 20.7 Å². The van der Waals surface area contributed by atoms with Gasteiger partial charge in [-0.2, -0.15) is 0 Å². The molecule has 7 nitrogen and oxygen atoms in total. The molecule has 0 saturated heterocycles. The summed E-state index contributed by atoms with van der Waals surface area (Å²) in [5.41, 5.74) is 7.26. The number of anilines is 1. The number of benzene rings is 1. The number of carbonyl (C=O) groups is 2. The number of hydrogen-bond donors (Lipinski definition) is 1. The maximum absolute atomic E-state index is 12.5. The Morgan fingerprint density at radius 1 is 1.22 bits per heavy atom. The Morgan fingerprint density at radius 3 is 2.67 bits per heavy atom. The predicted octanol–water partition coefficient (Wildman–Crippen LogP) is 2.42. The van der Waals surface area contributed by atoms with Crippen LogP contribution in [0.1, 0.15) is 36.8 Å². The van der Waals surface area contributed by atoms with Crippen LogP contribution in [0, 0.1) is 6.92 Å². The number of fused-ring (bicyclic) bond motifs is 1. The maximum Gasteiger partial charge on any atom is 0.340 e. The second-order valence-electron chi connectivity index (χ2n) is 6.63. The molecule has 0 aliphatic heterocycles. The average molecular weight is 374 g/mol. The smallest absolute Gasteiger partial charge is 0.340 e. The number of esters is 1. The fraction of sp³-hybridized carbons (Fsp3) is 0.450. The summed E-state index contributed by atoms with van der Waals surface area (Å²) >= 11 is 0. The Morgan fingerprint density at radius 2 is 1.96 bits per heavy atom. The van der Waals surface area contributed by atoms with Gasteiger partial charge in [-0.05, 0) is 37.5 Å². The van der Waals surface area contributed by atoms with E-state index in [1.54, 1.807) is 30.1 Å². The van der Waals surface area contributed by atoms with Gasteiger partial charge in [-0.25, -0.2) is 4.79 Å². The molecule has 0 aliphatic carbocycles. The molecule has 27 heavy (non-hydrogen) atoms. The van der Waals surface area contributed by atoms with Gasteiger partial charge in [-0.15, -0.1) is 0 Å². The van der Waals surface area contributed by atoms with Gasteiger partial charge >= 0.3 is 11.6 Å². The fourth-order valence-electron chi connectivity index (χ4n) is 2.92. The molecular formula is C20H26N2O5. The second-order valence-corrected chi connectivity index (χ2v) is 6.63. The molecule has 0 fully saturated rings. The normalized spacial score (nSPS) is 10.8. The molecular weight excluding hydrogens is 348 g/mol. The molecule has 7 heteroatoms. The van der Waals surface area contributed by atoms with Crippen molar-refractivity contribution in [2.45, 2.75) is 39.0 Å². The minimum atomic E-state index is -0.509. The van der Waals surface area contributed by atoms with E-state index in [2.05, 4.69) is 4.74 Å². The van der Waals surface area contributed by atoms with Gasteiger partial charge in [-0.3, -0.25) is 9.59 Å². The molecule has 0 aliphatic rings. The summed E-state index contributed by atoms with van der Waals surface area (Å²) in [5, 5.41) is 0.775. The van der Waals surface area contributed by atoms with Crippen LogP contribution in [0.15, 0.2) is 27.4 Å². The summed E-state index contributed by atoms with van der Waals surface area (Å²) < 4.78 is 9.92. The molecule has 146 valence electrons. The van der Waals surface area contributed by atoms with Crippen LogP contribution in [0.5, 0.6) is 0 Å². The third kappa shape index (κ3) is 5.32. The molecule has 0 spiro atoms. The van der Waals surface area contributed by atoms with Gasteiger partial charge < -0.3 is 19.8 Å². The van der Waals surface area contributed by atoms with Crippen molar-refractivity contribution >= 4 is 28.5 Å². The number of amides is 1. The number of aryl methyl sites for hydroxylation is 1. The lowest BCUT2D eigenvalue weighted by Gasteiger charge is -2.17. The standard InChI is InChI=1S/C20H26N2O5/c1-13-15-9-8-14(21)11-17(15)27-20(25)16(13)12-18(23)22(2)10-6-4-5-7-19(24)26-3/h8-9,11H,4-7,10,12,21H2,1-3H3.